The van der Waals surface area contributed by atoms with Crippen molar-refractivity contribution in [3.05, 3.63) is 154 Å². The summed E-state index contributed by atoms with van der Waals surface area (Å²) in [6, 6.07) is 26.4. The lowest BCUT2D eigenvalue weighted by Gasteiger charge is -2.25. The maximum atomic E-state index is 14.2. The molecular formula is C36H27Cl3N2O5S. The van der Waals surface area contributed by atoms with E-state index < -0.39 is 12.0 Å². The van der Waals surface area contributed by atoms with Crippen molar-refractivity contribution < 1.29 is 19.0 Å². The van der Waals surface area contributed by atoms with Gasteiger partial charge in [0.2, 0.25) is 0 Å². The van der Waals surface area contributed by atoms with Gasteiger partial charge >= 0.3 is 5.97 Å². The highest BCUT2D eigenvalue weighted by Crippen LogP contribution is 2.38. The van der Waals surface area contributed by atoms with Gasteiger partial charge in [0.25, 0.3) is 5.56 Å². The van der Waals surface area contributed by atoms with E-state index in [4.69, 9.17) is 54.0 Å². The second-order valence-electron chi connectivity index (χ2n) is 10.4. The Kier molecular flexibility index (Phi) is 9.84. The van der Waals surface area contributed by atoms with Crippen molar-refractivity contribution in [2.45, 2.75) is 19.6 Å². The summed E-state index contributed by atoms with van der Waals surface area (Å²) in [6.45, 7) is 2.08. The van der Waals surface area contributed by atoms with Gasteiger partial charge in [-0.15, -0.1) is 0 Å². The predicted molar refractivity (Wildman–Crippen MR) is 186 cm³/mol. The molecule has 47 heavy (non-hydrogen) atoms. The number of carbonyl (C=O) groups excluding carboxylic acids is 1. The van der Waals surface area contributed by atoms with Gasteiger partial charge in [-0.2, -0.15) is 0 Å². The van der Waals surface area contributed by atoms with Gasteiger partial charge in [0, 0.05) is 21.2 Å². The maximum Gasteiger partial charge on any atom is 0.338 e. The number of methoxy groups -OCH3 is 1. The lowest BCUT2D eigenvalue weighted by molar-refractivity contribution is -0.138. The molecule has 1 aromatic heterocycles. The van der Waals surface area contributed by atoms with Crippen molar-refractivity contribution in [3.8, 4) is 11.5 Å². The van der Waals surface area contributed by atoms with Crippen LogP contribution >= 0.6 is 46.1 Å². The van der Waals surface area contributed by atoms with Gasteiger partial charge in [0.05, 0.1) is 40.6 Å². The number of ether oxygens (including phenoxy) is 3. The number of carbonyl (C=O) groups is 1. The molecule has 0 N–H and O–H groups in total. The van der Waals surface area contributed by atoms with Crippen molar-refractivity contribution in [2.75, 3.05) is 13.7 Å². The quantitative estimate of drug-likeness (QED) is 0.149. The molecular weight excluding hydrogens is 679 g/mol. The third kappa shape index (κ3) is 6.73. The van der Waals surface area contributed by atoms with E-state index in [2.05, 4.69) is 0 Å². The molecule has 238 valence electrons. The number of hydrogen-bond donors (Lipinski definition) is 0. The fourth-order valence-electron chi connectivity index (χ4n) is 5.28. The van der Waals surface area contributed by atoms with Crippen LogP contribution < -0.4 is 24.4 Å². The largest absolute Gasteiger partial charge is 0.493 e. The van der Waals surface area contributed by atoms with Crippen molar-refractivity contribution in [3.63, 3.8) is 0 Å². The van der Waals surface area contributed by atoms with E-state index in [9.17, 15) is 9.59 Å². The number of thiazole rings is 1. The van der Waals surface area contributed by atoms with Gasteiger partial charge in [0.1, 0.15) is 6.61 Å². The van der Waals surface area contributed by atoms with E-state index in [-0.39, 0.29) is 24.3 Å². The maximum absolute atomic E-state index is 14.2. The molecule has 0 saturated heterocycles. The van der Waals surface area contributed by atoms with Crippen LogP contribution in [0.15, 0.2) is 106 Å². The van der Waals surface area contributed by atoms with Gasteiger partial charge in [-0.25, -0.2) is 9.79 Å². The molecule has 0 fully saturated rings. The molecule has 2 heterocycles. The zero-order valence-corrected chi connectivity index (χ0v) is 28.3. The summed E-state index contributed by atoms with van der Waals surface area (Å²) in [7, 11) is 1.51. The van der Waals surface area contributed by atoms with Crippen LogP contribution in [-0.2, 0) is 16.1 Å². The molecule has 0 bridgehead atoms. The van der Waals surface area contributed by atoms with Gasteiger partial charge in [-0.3, -0.25) is 9.36 Å². The molecule has 6 rings (SSSR count). The van der Waals surface area contributed by atoms with E-state index in [1.54, 1.807) is 55.5 Å². The normalized spacial score (nSPS) is 14.4. The molecule has 5 aromatic rings. The number of hydrogen-bond acceptors (Lipinski definition) is 7. The topological polar surface area (TPSA) is 79.1 Å². The zero-order valence-electron chi connectivity index (χ0n) is 25.2. The third-order valence-corrected chi connectivity index (χ3v) is 9.32. The van der Waals surface area contributed by atoms with E-state index in [0.717, 1.165) is 11.1 Å². The number of benzene rings is 4. The van der Waals surface area contributed by atoms with Crippen molar-refractivity contribution in [1.82, 2.24) is 4.57 Å². The molecule has 1 atom stereocenters. The van der Waals surface area contributed by atoms with Crippen LogP contribution in [0.5, 0.6) is 11.5 Å². The highest BCUT2D eigenvalue weighted by Gasteiger charge is 2.35. The minimum absolute atomic E-state index is 0.156. The Hall–Kier alpha value is -4.34. The average molecular weight is 706 g/mol. The number of rotatable bonds is 9. The molecule has 11 heteroatoms. The summed E-state index contributed by atoms with van der Waals surface area (Å²) < 4.78 is 19.0. The second-order valence-corrected chi connectivity index (χ2v) is 12.7. The van der Waals surface area contributed by atoms with E-state index in [0.29, 0.717) is 52.7 Å². The summed E-state index contributed by atoms with van der Waals surface area (Å²) in [6.07, 6.45) is 1.71. The zero-order chi connectivity index (χ0) is 33.1. The Morgan fingerprint density at radius 2 is 1.68 bits per heavy atom. The van der Waals surface area contributed by atoms with Crippen LogP contribution in [0.4, 0.5) is 0 Å². The smallest absolute Gasteiger partial charge is 0.338 e. The van der Waals surface area contributed by atoms with Crippen LogP contribution in [0.2, 0.25) is 15.1 Å². The first-order valence-electron chi connectivity index (χ1n) is 14.6. The Balaban J connectivity index is 1.49. The Morgan fingerprint density at radius 1 is 0.957 bits per heavy atom. The van der Waals surface area contributed by atoms with Gasteiger partial charge in [0.15, 0.2) is 16.3 Å². The fourth-order valence-corrected chi connectivity index (χ4v) is 6.87. The van der Waals surface area contributed by atoms with Crippen LogP contribution in [0.1, 0.15) is 35.2 Å². The Bertz CT molecular complexity index is 2180. The summed E-state index contributed by atoms with van der Waals surface area (Å²) >= 11 is 20.4. The van der Waals surface area contributed by atoms with E-state index in [1.807, 2.05) is 48.5 Å². The molecule has 0 amide bonds. The van der Waals surface area contributed by atoms with Crippen LogP contribution in [0.3, 0.4) is 0 Å². The summed E-state index contributed by atoms with van der Waals surface area (Å²) in [4.78, 5) is 33.1. The molecule has 0 unspecified atom stereocenters. The molecule has 7 nitrogen and oxygen atoms in total. The second kappa shape index (κ2) is 14.2. The van der Waals surface area contributed by atoms with Crippen LogP contribution in [0, 0.1) is 0 Å². The number of aromatic nitrogens is 1. The predicted octanol–water partition coefficient (Wildman–Crippen LogP) is 7.48. The summed E-state index contributed by atoms with van der Waals surface area (Å²) in [5.74, 6) is 0.175. The molecule has 1 aliphatic heterocycles. The number of nitrogens with zero attached hydrogens (tertiary/aromatic N) is 2. The first kappa shape index (κ1) is 32.6. The molecule has 1 aliphatic rings. The lowest BCUT2D eigenvalue weighted by Crippen LogP contribution is -2.40. The summed E-state index contributed by atoms with van der Waals surface area (Å²) in [5.41, 5.74) is 3.15. The van der Waals surface area contributed by atoms with E-state index >= 15 is 0 Å². The SMILES string of the molecule is CCOC(=O)C1=C(c2ccccc2)N=c2s/c(=C\c3cc(Cl)c(OCc4ccccc4Cl)c(OC)c3)c(=O)n2[C@H]1c1ccc(Cl)cc1. The first-order valence-corrected chi connectivity index (χ1v) is 16.5. The fraction of sp³-hybridized carbons (Fsp3) is 0.139. The van der Waals surface area contributed by atoms with Gasteiger partial charge in [-0.05, 0) is 54.5 Å². The van der Waals surface area contributed by atoms with Crippen molar-refractivity contribution in [2.24, 2.45) is 4.99 Å². The molecule has 0 radical (unpaired) electrons. The lowest BCUT2D eigenvalue weighted by atomic mass is 9.93. The Morgan fingerprint density at radius 3 is 2.38 bits per heavy atom. The minimum atomic E-state index is -0.821. The summed E-state index contributed by atoms with van der Waals surface area (Å²) in [5, 5.41) is 1.40. The van der Waals surface area contributed by atoms with Crippen molar-refractivity contribution >= 4 is 63.9 Å². The molecule has 4 aromatic carbocycles. The molecule has 0 saturated carbocycles. The molecule has 0 aliphatic carbocycles. The number of halogens is 3. The number of fused-ring (bicyclic) bond motifs is 1. The average Bonchev–Trinajstić information content (AvgIpc) is 3.38. The highest BCUT2D eigenvalue weighted by atomic mass is 35.5. The molecule has 0 spiro atoms. The van der Waals surface area contributed by atoms with Crippen molar-refractivity contribution in [1.29, 1.82) is 0 Å². The van der Waals surface area contributed by atoms with Crippen LogP contribution in [0.25, 0.3) is 11.8 Å². The highest BCUT2D eigenvalue weighted by molar-refractivity contribution is 7.07. The third-order valence-electron chi connectivity index (χ3n) is 7.44. The minimum Gasteiger partial charge on any atom is -0.493 e. The standard InChI is InChI=1S/C36H27Cl3N2O5S/c1-3-45-35(43)30-31(22-9-5-4-6-10-22)40-36-41(32(30)23-13-15-25(37)16-14-23)34(42)29(47-36)19-21-17-27(39)33(28(18-21)44-2)46-20-24-11-7-8-12-26(24)38/h4-19,32H,3,20H2,1-2H3/b29-19-/t32-/m0/s1. The van der Waals surface area contributed by atoms with Crippen LogP contribution in [-0.4, -0.2) is 24.3 Å². The Labute approximate surface area is 289 Å². The first-order chi connectivity index (χ1) is 22.8. The monoisotopic (exact) mass is 704 g/mol. The van der Waals surface area contributed by atoms with Gasteiger partial charge < -0.3 is 14.2 Å². The number of esters is 1. The van der Waals surface area contributed by atoms with E-state index in [1.165, 1.54) is 23.0 Å². The van der Waals surface area contributed by atoms with Gasteiger partial charge in [-0.1, -0.05) is 107 Å².